The van der Waals surface area contributed by atoms with E-state index in [1.54, 1.807) is 0 Å². The molecule has 2 aliphatic heterocycles. The van der Waals surface area contributed by atoms with Gasteiger partial charge in [0.1, 0.15) is 0 Å². The minimum Gasteiger partial charge on any atom is -0.379 e. The van der Waals surface area contributed by atoms with Crippen LogP contribution in [-0.4, -0.2) is 73.6 Å². The maximum Gasteiger partial charge on any atom is 0.296 e. The van der Waals surface area contributed by atoms with E-state index in [0.717, 1.165) is 38.4 Å². The van der Waals surface area contributed by atoms with Crippen LogP contribution in [0.2, 0.25) is 0 Å². The monoisotopic (exact) mass is 341 g/mol. The Morgan fingerprint density at radius 1 is 1.20 bits per heavy atom. The lowest BCUT2D eigenvalue weighted by Crippen LogP contribution is -2.42. The molecule has 0 aliphatic carbocycles. The van der Waals surface area contributed by atoms with E-state index in [-0.39, 0.29) is 17.9 Å². The van der Waals surface area contributed by atoms with Gasteiger partial charge in [-0.2, -0.15) is 0 Å². The zero-order valence-electron chi connectivity index (χ0n) is 14.2. The number of likely N-dealkylation sites (tertiary alicyclic amines) is 1. The third kappa shape index (κ3) is 5.31. The number of rotatable bonds is 4. The molecule has 25 heavy (non-hydrogen) atoms. The van der Waals surface area contributed by atoms with E-state index in [9.17, 15) is 9.59 Å². The van der Waals surface area contributed by atoms with Crippen LogP contribution in [0.5, 0.6) is 0 Å². The molecule has 2 amide bonds. The van der Waals surface area contributed by atoms with Gasteiger partial charge < -0.3 is 15.0 Å². The summed E-state index contributed by atoms with van der Waals surface area (Å²) >= 11 is 0. The highest BCUT2D eigenvalue weighted by Crippen LogP contribution is 2.11. The number of benzene rings is 1. The Labute approximate surface area is 148 Å². The van der Waals surface area contributed by atoms with Crippen LogP contribution in [0.1, 0.15) is 12.0 Å². The van der Waals surface area contributed by atoms with E-state index in [1.165, 1.54) is 0 Å². The lowest BCUT2D eigenvalue weighted by Gasteiger charge is -2.28. The van der Waals surface area contributed by atoms with Crippen molar-refractivity contribution >= 4 is 11.8 Å². The van der Waals surface area contributed by atoms with Crippen LogP contribution in [0.15, 0.2) is 30.3 Å². The number of carbonyl (C=O) groups is 2. The molecule has 2 saturated heterocycles. The summed E-state index contributed by atoms with van der Waals surface area (Å²) in [5.41, 5.74) is 0.798. The van der Waals surface area contributed by atoms with E-state index < -0.39 is 0 Å². The molecular weight excluding hydrogens is 318 g/mol. The average molecular weight is 341 g/mol. The Morgan fingerprint density at radius 3 is 2.72 bits per heavy atom. The highest BCUT2D eigenvalue weighted by Gasteiger charge is 2.30. The Hall–Kier alpha value is -2.36. The first-order chi connectivity index (χ1) is 12.2. The van der Waals surface area contributed by atoms with Gasteiger partial charge in [-0.05, 0) is 12.1 Å². The third-order valence-corrected chi connectivity index (χ3v) is 4.43. The number of ether oxygens (including phenoxy) is 1. The maximum atomic E-state index is 12.1. The SMILES string of the molecule is O=C(C#Cc1ccccc1)NC1CC(=O)N(CCN2CCOCC2)C1. The van der Waals surface area contributed by atoms with Crippen molar-refractivity contribution in [2.75, 3.05) is 45.9 Å². The van der Waals surface area contributed by atoms with Gasteiger partial charge >= 0.3 is 0 Å². The summed E-state index contributed by atoms with van der Waals surface area (Å²) in [5.74, 6) is 5.17. The van der Waals surface area contributed by atoms with Crippen LogP contribution in [0.25, 0.3) is 0 Å². The summed E-state index contributed by atoms with van der Waals surface area (Å²) in [6.45, 7) is 5.44. The van der Waals surface area contributed by atoms with Crippen molar-refractivity contribution in [3.05, 3.63) is 35.9 Å². The van der Waals surface area contributed by atoms with Gasteiger partial charge in [0, 0.05) is 50.6 Å². The summed E-state index contributed by atoms with van der Waals surface area (Å²) in [6, 6.07) is 9.21. The lowest BCUT2D eigenvalue weighted by atomic mass is 10.2. The zero-order valence-corrected chi connectivity index (χ0v) is 14.2. The number of hydrogen-bond donors (Lipinski definition) is 1. The minimum atomic E-state index is -0.336. The van der Waals surface area contributed by atoms with Crippen LogP contribution in [0, 0.1) is 11.8 Å². The second-order valence-electron chi connectivity index (χ2n) is 6.28. The molecule has 0 radical (unpaired) electrons. The van der Waals surface area contributed by atoms with Crippen molar-refractivity contribution in [1.29, 1.82) is 0 Å². The van der Waals surface area contributed by atoms with Gasteiger partial charge in [0.2, 0.25) is 5.91 Å². The van der Waals surface area contributed by atoms with E-state index in [4.69, 9.17) is 4.74 Å². The molecule has 6 heteroatoms. The van der Waals surface area contributed by atoms with E-state index >= 15 is 0 Å². The predicted octanol–water partition coefficient (Wildman–Crippen LogP) is 0.0874. The molecule has 0 saturated carbocycles. The largest absolute Gasteiger partial charge is 0.379 e. The molecule has 2 heterocycles. The van der Waals surface area contributed by atoms with Crippen molar-refractivity contribution in [2.45, 2.75) is 12.5 Å². The Kier molecular flexibility index (Phi) is 6.04. The normalized spacial score (nSPS) is 20.9. The van der Waals surface area contributed by atoms with Crippen molar-refractivity contribution in [2.24, 2.45) is 0 Å². The van der Waals surface area contributed by atoms with Crippen LogP contribution >= 0.6 is 0 Å². The number of nitrogens with zero attached hydrogens (tertiary/aromatic N) is 2. The van der Waals surface area contributed by atoms with Gasteiger partial charge in [0.15, 0.2) is 0 Å². The molecule has 0 spiro atoms. The zero-order chi connectivity index (χ0) is 17.5. The summed E-state index contributed by atoms with van der Waals surface area (Å²) in [6.07, 6.45) is 0.349. The molecule has 1 aromatic rings. The highest BCUT2D eigenvalue weighted by molar-refractivity contribution is 5.95. The molecule has 2 aliphatic rings. The van der Waals surface area contributed by atoms with Crippen LogP contribution in [0.3, 0.4) is 0 Å². The van der Waals surface area contributed by atoms with E-state index in [1.807, 2.05) is 35.2 Å². The average Bonchev–Trinajstić information content (AvgIpc) is 2.99. The Bertz CT molecular complexity index is 659. The first-order valence-corrected chi connectivity index (χ1v) is 8.66. The summed E-state index contributed by atoms with van der Waals surface area (Å²) in [7, 11) is 0. The molecule has 1 atom stereocenters. The van der Waals surface area contributed by atoms with Gasteiger partial charge in [0.25, 0.3) is 5.91 Å². The van der Waals surface area contributed by atoms with Gasteiger partial charge in [-0.15, -0.1) is 0 Å². The number of hydrogen-bond acceptors (Lipinski definition) is 4. The molecule has 1 unspecified atom stereocenters. The lowest BCUT2D eigenvalue weighted by molar-refractivity contribution is -0.128. The molecule has 1 N–H and O–H groups in total. The van der Waals surface area contributed by atoms with Gasteiger partial charge in [-0.3, -0.25) is 14.5 Å². The molecule has 2 fully saturated rings. The fourth-order valence-electron chi connectivity index (χ4n) is 3.04. The fourth-order valence-corrected chi connectivity index (χ4v) is 3.04. The van der Waals surface area contributed by atoms with Gasteiger partial charge in [0.05, 0.1) is 19.3 Å². The van der Waals surface area contributed by atoms with Crippen LogP contribution in [0.4, 0.5) is 0 Å². The Balaban J connectivity index is 1.44. The third-order valence-electron chi connectivity index (χ3n) is 4.43. The quantitative estimate of drug-likeness (QED) is 0.789. The number of nitrogens with one attached hydrogen (secondary N) is 1. The molecule has 1 aromatic carbocycles. The van der Waals surface area contributed by atoms with E-state index in [2.05, 4.69) is 22.1 Å². The first-order valence-electron chi connectivity index (χ1n) is 8.66. The molecule has 6 nitrogen and oxygen atoms in total. The highest BCUT2D eigenvalue weighted by atomic mass is 16.5. The molecule has 0 bridgehead atoms. The van der Waals surface area contributed by atoms with Crippen molar-refractivity contribution in [3.8, 4) is 11.8 Å². The standard InChI is InChI=1S/C19H23N3O3/c23-18(7-6-16-4-2-1-3-5-16)20-17-14-19(24)22(15-17)9-8-21-10-12-25-13-11-21/h1-5,17H,8-15H2,(H,20,23). The second-order valence-corrected chi connectivity index (χ2v) is 6.28. The smallest absolute Gasteiger partial charge is 0.296 e. The summed E-state index contributed by atoms with van der Waals surface area (Å²) in [5, 5.41) is 2.84. The van der Waals surface area contributed by atoms with Crippen molar-refractivity contribution in [3.63, 3.8) is 0 Å². The maximum absolute atomic E-state index is 12.1. The number of carbonyl (C=O) groups excluding carboxylic acids is 2. The van der Waals surface area contributed by atoms with Crippen LogP contribution < -0.4 is 5.32 Å². The molecule has 0 aromatic heterocycles. The second kappa shape index (κ2) is 8.65. The van der Waals surface area contributed by atoms with E-state index in [0.29, 0.717) is 19.5 Å². The van der Waals surface area contributed by atoms with Gasteiger partial charge in [-0.25, -0.2) is 0 Å². The minimum absolute atomic E-state index is 0.0922. The molecule has 3 rings (SSSR count). The van der Waals surface area contributed by atoms with Crippen molar-refractivity contribution in [1.82, 2.24) is 15.1 Å². The summed E-state index contributed by atoms with van der Waals surface area (Å²) < 4.78 is 5.33. The summed E-state index contributed by atoms with van der Waals surface area (Å²) in [4.78, 5) is 28.2. The van der Waals surface area contributed by atoms with Crippen molar-refractivity contribution < 1.29 is 14.3 Å². The van der Waals surface area contributed by atoms with Crippen LogP contribution in [-0.2, 0) is 14.3 Å². The molecule has 132 valence electrons. The molecular formula is C19H23N3O3. The fraction of sp³-hybridized carbons (Fsp3) is 0.474. The predicted molar refractivity (Wildman–Crippen MR) is 93.7 cm³/mol. The van der Waals surface area contributed by atoms with Gasteiger partial charge in [-0.1, -0.05) is 24.1 Å². The number of morpholine rings is 1. The number of amides is 2. The Morgan fingerprint density at radius 2 is 1.96 bits per heavy atom. The topological polar surface area (TPSA) is 61.9 Å². The first kappa shape index (κ1) is 17.5.